The monoisotopic (exact) mass is 418 g/mol. The number of carbonyl (C=O) groups is 1. The van der Waals surface area contributed by atoms with Gasteiger partial charge in [0.05, 0.1) is 13.0 Å². The Morgan fingerprint density at radius 1 is 1.06 bits per heavy atom. The molecule has 0 radical (unpaired) electrons. The van der Waals surface area contributed by atoms with Crippen LogP contribution in [0.25, 0.3) is 0 Å². The van der Waals surface area contributed by atoms with E-state index in [1.54, 1.807) is 54.6 Å². The van der Waals surface area contributed by atoms with E-state index in [1.807, 2.05) is 0 Å². The Balaban J connectivity index is 1.45. The molecule has 0 amide bonds. The quantitative estimate of drug-likeness (QED) is 0.599. The van der Waals surface area contributed by atoms with Gasteiger partial charge in [-0.2, -0.15) is 0 Å². The molecule has 0 spiro atoms. The molecule has 1 atom stereocenters. The summed E-state index contributed by atoms with van der Waals surface area (Å²) in [6, 6.07) is 16.3. The van der Waals surface area contributed by atoms with Crippen LogP contribution >= 0.6 is 0 Å². The average molecular weight is 418 g/mol. The van der Waals surface area contributed by atoms with Crippen LogP contribution in [0.4, 0.5) is 4.39 Å². The van der Waals surface area contributed by atoms with Crippen molar-refractivity contribution in [3.63, 3.8) is 0 Å². The maximum atomic E-state index is 14.2. The predicted octanol–water partition coefficient (Wildman–Crippen LogP) is 4.46. The molecule has 31 heavy (non-hydrogen) atoms. The average Bonchev–Trinajstić information content (AvgIpc) is 3.14. The van der Waals surface area contributed by atoms with Gasteiger partial charge in [0.1, 0.15) is 29.7 Å². The number of hydrogen-bond acceptors (Lipinski definition) is 4. The maximum absolute atomic E-state index is 14.2. The second kappa shape index (κ2) is 8.80. The Bertz CT molecular complexity index is 1170. The molecule has 0 saturated heterocycles. The van der Waals surface area contributed by atoms with Crippen molar-refractivity contribution in [1.29, 1.82) is 0 Å². The first-order valence-electron chi connectivity index (χ1n) is 9.69. The SMILES string of the molecule is O=C(O)CC1COc2cc(OCc3cc(C#Cc4ccc(O)cc4)ccc3F)ccc21. The van der Waals surface area contributed by atoms with E-state index in [0.717, 1.165) is 11.1 Å². The molecule has 1 unspecified atom stereocenters. The van der Waals surface area contributed by atoms with Gasteiger partial charge in [0.15, 0.2) is 0 Å². The van der Waals surface area contributed by atoms with E-state index in [9.17, 15) is 14.3 Å². The first kappa shape index (κ1) is 20.3. The second-order valence-corrected chi connectivity index (χ2v) is 7.20. The summed E-state index contributed by atoms with van der Waals surface area (Å²) < 4.78 is 25.5. The molecule has 0 aliphatic carbocycles. The summed E-state index contributed by atoms with van der Waals surface area (Å²) in [5.41, 5.74) is 2.58. The molecular weight excluding hydrogens is 399 g/mol. The summed E-state index contributed by atoms with van der Waals surface area (Å²) in [4.78, 5) is 11.0. The summed E-state index contributed by atoms with van der Waals surface area (Å²) in [7, 11) is 0. The lowest BCUT2D eigenvalue weighted by Gasteiger charge is -2.10. The molecule has 5 nitrogen and oxygen atoms in total. The van der Waals surface area contributed by atoms with Crippen molar-refractivity contribution in [3.05, 3.63) is 88.7 Å². The van der Waals surface area contributed by atoms with Crippen LogP contribution in [0.3, 0.4) is 0 Å². The van der Waals surface area contributed by atoms with Crippen molar-refractivity contribution in [3.8, 4) is 29.1 Å². The number of hydrogen-bond donors (Lipinski definition) is 2. The number of phenolic OH excluding ortho intramolecular Hbond substituents is 1. The third-order valence-electron chi connectivity index (χ3n) is 4.94. The highest BCUT2D eigenvalue weighted by Crippen LogP contribution is 2.38. The van der Waals surface area contributed by atoms with Crippen molar-refractivity contribution in [2.75, 3.05) is 6.61 Å². The molecule has 1 aliphatic heterocycles. The number of rotatable bonds is 5. The zero-order valence-electron chi connectivity index (χ0n) is 16.5. The second-order valence-electron chi connectivity index (χ2n) is 7.20. The highest BCUT2D eigenvalue weighted by atomic mass is 19.1. The molecular formula is C25H19FO5. The zero-order chi connectivity index (χ0) is 21.8. The summed E-state index contributed by atoms with van der Waals surface area (Å²) in [5.74, 6) is 5.78. The summed E-state index contributed by atoms with van der Waals surface area (Å²) in [6.45, 7) is 0.333. The van der Waals surface area contributed by atoms with Gasteiger partial charge in [-0.1, -0.05) is 17.9 Å². The number of aromatic hydroxyl groups is 1. The highest BCUT2D eigenvalue weighted by molar-refractivity contribution is 5.68. The van der Waals surface area contributed by atoms with Crippen LogP contribution in [0.5, 0.6) is 17.2 Å². The summed E-state index contributed by atoms with van der Waals surface area (Å²) in [6.07, 6.45) is 0.0103. The Hall–Kier alpha value is -3.98. The molecule has 0 fully saturated rings. The molecule has 6 heteroatoms. The highest BCUT2D eigenvalue weighted by Gasteiger charge is 2.26. The van der Waals surface area contributed by atoms with Gasteiger partial charge in [0.2, 0.25) is 0 Å². The number of carboxylic acid groups (broad SMARTS) is 1. The Morgan fingerprint density at radius 2 is 1.81 bits per heavy atom. The van der Waals surface area contributed by atoms with Crippen molar-refractivity contribution in [2.45, 2.75) is 18.9 Å². The minimum absolute atomic E-state index is 0.0103. The molecule has 1 heterocycles. The van der Waals surface area contributed by atoms with Crippen molar-refractivity contribution < 1.29 is 28.9 Å². The van der Waals surface area contributed by atoms with Gasteiger partial charge in [-0.15, -0.1) is 0 Å². The van der Waals surface area contributed by atoms with Crippen LogP contribution in [0.15, 0.2) is 60.7 Å². The van der Waals surface area contributed by atoms with Crippen LogP contribution < -0.4 is 9.47 Å². The van der Waals surface area contributed by atoms with Gasteiger partial charge in [0, 0.05) is 34.2 Å². The lowest BCUT2D eigenvalue weighted by Crippen LogP contribution is -2.07. The standard InChI is InChI=1S/C25H19FO5/c26-23-10-5-17(2-1-16-3-6-20(27)7-4-16)11-19(23)15-30-21-8-9-22-18(12-25(28)29)14-31-24(22)13-21/h3-11,13,18,27H,12,14-15H2,(H,28,29). The molecule has 4 rings (SSSR count). The van der Waals surface area contributed by atoms with E-state index < -0.39 is 11.8 Å². The minimum Gasteiger partial charge on any atom is -0.508 e. The largest absolute Gasteiger partial charge is 0.508 e. The zero-order valence-corrected chi connectivity index (χ0v) is 16.5. The van der Waals surface area contributed by atoms with E-state index in [-0.39, 0.29) is 24.7 Å². The number of benzene rings is 3. The smallest absolute Gasteiger partial charge is 0.304 e. The molecule has 3 aromatic carbocycles. The number of ether oxygens (including phenoxy) is 2. The normalized spacial score (nSPS) is 14.2. The van der Waals surface area contributed by atoms with E-state index in [1.165, 1.54) is 6.07 Å². The Morgan fingerprint density at radius 3 is 2.58 bits per heavy atom. The van der Waals surface area contributed by atoms with Gasteiger partial charge in [-0.05, 0) is 48.5 Å². The molecule has 0 bridgehead atoms. The first-order chi connectivity index (χ1) is 15.0. The van der Waals surface area contributed by atoms with E-state index >= 15 is 0 Å². The Labute approximate surface area is 178 Å². The number of halogens is 1. The molecule has 1 aliphatic rings. The van der Waals surface area contributed by atoms with Gasteiger partial charge in [0.25, 0.3) is 0 Å². The van der Waals surface area contributed by atoms with Crippen LogP contribution in [-0.2, 0) is 11.4 Å². The van der Waals surface area contributed by atoms with Crippen LogP contribution in [-0.4, -0.2) is 22.8 Å². The molecule has 2 N–H and O–H groups in total. The first-order valence-corrected chi connectivity index (χ1v) is 9.69. The fourth-order valence-corrected chi connectivity index (χ4v) is 3.34. The Kier molecular flexibility index (Phi) is 5.76. The third kappa shape index (κ3) is 4.96. The van der Waals surface area contributed by atoms with Crippen molar-refractivity contribution in [1.82, 2.24) is 0 Å². The lowest BCUT2D eigenvalue weighted by molar-refractivity contribution is -0.137. The number of aliphatic carboxylic acids is 1. The van der Waals surface area contributed by atoms with E-state index in [4.69, 9.17) is 14.6 Å². The molecule has 0 aromatic heterocycles. The van der Waals surface area contributed by atoms with E-state index in [0.29, 0.717) is 29.2 Å². The van der Waals surface area contributed by atoms with Gasteiger partial charge < -0.3 is 19.7 Å². The van der Waals surface area contributed by atoms with Crippen LogP contribution in [0, 0.1) is 17.7 Å². The number of carboxylic acids is 1. The molecule has 3 aromatic rings. The van der Waals surface area contributed by atoms with Gasteiger partial charge in [-0.25, -0.2) is 4.39 Å². The fourth-order valence-electron chi connectivity index (χ4n) is 3.34. The fraction of sp³-hybridized carbons (Fsp3) is 0.160. The molecule has 156 valence electrons. The van der Waals surface area contributed by atoms with Crippen LogP contribution in [0.1, 0.15) is 34.6 Å². The lowest BCUT2D eigenvalue weighted by atomic mass is 9.98. The molecule has 0 saturated carbocycles. The predicted molar refractivity (Wildman–Crippen MR) is 112 cm³/mol. The minimum atomic E-state index is -0.870. The van der Waals surface area contributed by atoms with Crippen LogP contribution in [0.2, 0.25) is 0 Å². The van der Waals surface area contributed by atoms with Gasteiger partial charge in [-0.3, -0.25) is 4.79 Å². The summed E-state index contributed by atoms with van der Waals surface area (Å²) >= 11 is 0. The van der Waals surface area contributed by atoms with Crippen molar-refractivity contribution in [2.24, 2.45) is 0 Å². The van der Waals surface area contributed by atoms with E-state index in [2.05, 4.69) is 11.8 Å². The van der Waals surface area contributed by atoms with Gasteiger partial charge >= 0.3 is 5.97 Å². The number of fused-ring (bicyclic) bond motifs is 1. The number of phenols is 1. The summed E-state index contributed by atoms with van der Waals surface area (Å²) in [5, 5.41) is 18.3. The van der Waals surface area contributed by atoms with Crippen molar-refractivity contribution >= 4 is 5.97 Å². The maximum Gasteiger partial charge on any atom is 0.304 e. The third-order valence-corrected chi connectivity index (χ3v) is 4.94. The topological polar surface area (TPSA) is 76.0 Å².